The zero-order valence-corrected chi connectivity index (χ0v) is 14.5. The van der Waals surface area contributed by atoms with Gasteiger partial charge in [0.25, 0.3) is 0 Å². The van der Waals surface area contributed by atoms with Crippen LogP contribution >= 0.6 is 22.7 Å². The van der Waals surface area contributed by atoms with Gasteiger partial charge in [0.2, 0.25) is 0 Å². The highest BCUT2D eigenvalue weighted by Crippen LogP contribution is 2.23. The molecule has 2 heterocycles. The monoisotopic (exact) mass is 309 g/mol. The van der Waals surface area contributed by atoms with Crippen molar-refractivity contribution in [2.24, 2.45) is 0 Å². The van der Waals surface area contributed by atoms with Gasteiger partial charge in [-0.1, -0.05) is 6.92 Å². The number of rotatable bonds is 5. The highest BCUT2D eigenvalue weighted by Gasteiger charge is 2.14. The fourth-order valence-electron chi connectivity index (χ4n) is 1.92. The van der Waals surface area contributed by atoms with Crippen molar-refractivity contribution >= 4 is 22.7 Å². The third-order valence-electron chi connectivity index (χ3n) is 2.94. The molecule has 0 atom stereocenters. The molecule has 3 nitrogen and oxygen atoms in total. The Hall–Kier alpha value is -0.780. The molecule has 0 aromatic carbocycles. The lowest BCUT2D eigenvalue weighted by atomic mass is 10.1. The van der Waals surface area contributed by atoms with Gasteiger partial charge in [-0.25, -0.2) is 9.97 Å². The Morgan fingerprint density at radius 1 is 1.25 bits per heavy atom. The van der Waals surface area contributed by atoms with Crippen LogP contribution in [0.4, 0.5) is 0 Å². The Morgan fingerprint density at radius 2 is 2.00 bits per heavy atom. The molecular weight excluding hydrogens is 286 g/mol. The summed E-state index contributed by atoms with van der Waals surface area (Å²) in [5, 5.41) is 7.99. The second kappa shape index (κ2) is 6.33. The van der Waals surface area contributed by atoms with Crippen LogP contribution in [0.1, 0.15) is 54.0 Å². The van der Waals surface area contributed by atoms with Gasteiger partial charge < -0.3 is 5.32 Å². The standard InChI is InChI=1S/C15H23N3S2/c1-6-12-13(8-16-15(3,4)5)20-14(18-12)7-11-9-19-10(2)17-11/h9,16H,6-8H2,1-5H3. The molecule has 0 unspecified atom stereocenters. The van der Waals surface area contributed by atoms with Gasteiger partial charge >= 0.3 is 0 Å². The summed E-state index contributed by atoms with van der Waals surface area (Å²) in [5.74, 6) is 0. The molecule has 0 amide bonds. The molecule has 110 valence electrons. The van der Waals surface area contributed by atoms with E-state index in [1.54, 1.807) is 11.3 Å². The summed E-state index contributed by atoms with van der Waals surface area (Å²) in [6.45, 7) is 11.7. The molecule has 0 radical (unpaired) electrons. The van der Waals surface area contributed by atoms with Crippen LogP contribution < -0.4 is 5.32 Å². The smallest absolute Gasteiger partial charge is 0.0991 e. The number of hydrogen-bond donors (Lipinski definition) is 1. The number of nitrogens with zero attached hydrogens (tertiary/aromatic N) is 2. The maximum absolute atomic E-state index is 4.78. The van der Waals surface area contributed by atoms with E-state index in [0.29, 0.717) is 0 Å². The molecule has 2 aromatic rings. The Balaban J connectivity index is 2.09. The van der Waals surface area contributed by atoms with E-state index in [0.717, 1.165) is 30.1 Å². The Bertz CT molecular complexity index is 564. The first-order chi connectivity index (χ1) is 9.37. The van der Waals surface area contributed by atoms with E-state index >= 15 is 0 Å². The predicted octanol–water partition coefficient (Wildman–Crippen LogP) is 3.95. The van der Waals surface area contributed by atoms with Crippen LogP contribution in [0.5, 0.6) is 0 Å². The van der Waals surface area contributed by atoms with Crippen LogP contribution in [-0.4, -0.2) is 15.5 Å². The third kappa shape index (κ3) is 4.36. The van der Waals surface area contributed by atoms with Crippen molar-refractivity contribution in [1.29, 1.82) is 0 Å². The fraction of sp³-hybridized carbons (Fsp3) is 0.600. The average molecular weight is 310 g/mol. The van der Waals surface area contributed by atoms with Crippen molar-refractivity contribution in [2.45, 2.75) is 59.5 Å². The number of hydrogen-bond acceptors (Lipinski definition) is 5. The normalized spacial score (nSPS) is 12.1. The van der Waals surface area contributed by atoms with Crippen LogP contribution in [0.25, 0.3) is 0 Å². The first kappa shape index (κ1) is 15.6. The summed E-state index contributed by atoms with van der Waals surface area (Å²) >= 11 is 3.53. The van der Waals surface area contributed by atoms with E-state index in [9.17, 15) is 0 Å². The lowest BCUT2D eigenvalue weighted by Gasteiger charge is -2.20. The maximum Gasteiger partial charge on any atom is 0.0991 e. The highest BCUT2D eigenvalue weighted by atomic mass is 32.1. The van der Waals surface area contributed by atoms with Gasteiger partial charge in [-0.2, -0.15) is 0 Å². The van der Waals surface area contributed by atoms with E-state index in [2.05, 4.69) is 43.4 Å². The average Bonchev–Trinajstić information content (AvgIpc) is 2.92. The van der Waals surface area contributed by atoms with Crippen LogP contribution in [-0.2, 0) is 19.4 Å². The van der Waals surface area contributed by atoms with E-state index < -0.39 is 0 Å². The quantitative estimate of drug-likeness (QED) is 0.909. The van der Waals surface area contributed by atoms with Gasteiger partial charge in [0.15, 0.2) is 0 Å². The molecule has 0 aliphatic rings. The first-order valence-electron chi connectivity index (χ1n) is 7.01. The molecular formula is C15H23N3S2. The summed E-state index contributed by atoms with van der Waals surface area (Å²) in [6.07, 6.45) is 1.85. The molecule has 1 N–H and O–H groups in total. The van der Waals surface area contributed by atoms with Gasteiger partial charge in [-0.05, 0) is 34.1 Å². The Kier molecular flexibility index (Phi) is 4.94. The number of nitrogens with one attached hydrogen (secondary N) is 1. The molecule has 0 saturated carbocycles. The topological polar surface area (TPSA) is 37.8 Å². The van der Waals surface area contributed by atoms with Gasteiger partial charge in [0.1, 0.15) is 0 Å². The van der Waals surface area contributed by atoms with Crippen LogP contribution in [0, 0.1) is 6.92 Å². The fourth-order valence-corrected chi connectivity index (χ4v) is 3.64. The van der Waals surface area contributed by atoms with Gasteiger partial charge in [0, 0.05) is 28.8 Å². The second-order valence-electron chi connectivity index (χ2n) is 5.97. The van der Waals surface area contributed by atoms with Gasteiger partial charge in [0.05, 0.1) is 21.4 Å². The molecule has 0 aliphatic heterocycles. The van der Waals surface area contributed by atoms with Crippen LogP contribution in [0.3, 0.4) is 0 Å². The summed E-state index contributed by atoms with van der Waals surface area (Å²) < 4.78 is 0. The van der Waals surface area contributed by atoms with E-state index in [1.165, 1.54) is 15.6 Å². The largest absolute Gasteiger partial charge is 0.307 e. The zero-order chi connectivity index (χ0) is 14.8. The SMILES string of the molecule is CCc1nc(Cc2csc(C)n2)sc1CNC(C)(C)C. The maximum atomic E-state index is 4.78. The number of thiazole rings is 2. The Morgan fingerprint density at radius 3 is 2.55 bits per heavy atom. The van der Waals surface area contributed by atoms with Crippen LogP contribution in [0.2, 0.25) is 0 Å². The number of aromatic nitrogens is 2. The van der Waals surface area contributed by atoms with Crippen molar-refractivity contribution < 1.29 is 0 Å². The number of aryl methyl sites for hydroxylation is 2. The van der Waals surface area contributed by atoms with Gasteiger partial charge in [-0.3, -0.25) is 0 Å². The molecule has 2 aromatic heterocycles. The van der Waals surface area contributed by atoms with E-state index in [4.69, 9.17) is 4.98 Å². The Labute approximate surface area is 129 Å². The molecule has 0 spiro atoms. The molecule has 0 saturated heterocycles. The summed E-state index contributed by atoms with van der Waals surface area (Å²) in [7, 11) is 0. The summed E-state index contributed by atoms with van der Waals surface area (Å²) in [4.78, 5) is 10.7. The summed E-state index contributed by atoms with van der Waals surface area (Å²) in [6, 6.07) is 0. The van der Waals surface area contributed by atoms with E-state index in [-0.39, 0.29) is 5.54 Å². The van der Waals surface area contributed by atoms with Crippen LogP contribution in [0.15, 0.2) is 5.38 Å². The van der Waals surface area contributed by atoms with Crippen molar-refractivity contribution in [3.05, 3.63) is 31.7 Å². The minimum atomic E-state index is 0.140. The molecule has 0 fully saturated rings. The highest BCUT2D eigenvalue weighted by molar-refractivity contribution is 7.11. The zero-order valence-electron chi connectivity index (χ0n) is 12.9. The third-order valence-corrected chi connectivity index (χ3v) is 4.86. The predicted molar refractivity (Wildman–Crippen MR) is 87.7 cm³/mol. The van der Waals surface area contributed by atoms with E-state index in [1.807, 2.05) is 18.3 Å². The van der Waals surface area contributed by atoms with Crippen molar-refractivity contribution in [2.75, 3.05) is 0 Å². The molecule has 2 rings (SSSR count). The summed E-state index contributed by atoms with van der Waals surface area (Å²) in [5.41, 5.74) is 2.51. The molecule has 0 bridgehead atoms. The first-order valence-corrected chi connectivity index (χ1v) is 8.70. The van der Waals surface area contributed by atoms with Crippen molar-refractivity contribution in [3.8, 4) is 0 Å². The molecule has 0 aliphatic carbocycles. The van der Waals surface area contributed by atoms with Crippen molar-refractivity contribution in [3.63, 3.8) is 0 Å². The molecule has 5 heteroatoms. The minimum absolute atomic E-state index is 0.140. The second-order valence-corrected chi connectivity index (χ2v) is 8.20. The molecule has 20 heavy (non-hydrogen) atoms. The minimum Gasteiger partial charge on any atom is -0.307 e. The van der Waals surface area contributed by atoms with Gasteiger partial charge in [-0.15, -0.1) is 22.7 Å². The lowest BCUT2D eigenvalue weighted by molar-refractivity contribution is 0.425. The van der Waals surface area contributed by atoms with Crippen molar-refractivity contribution in [1.82, 2.24) is 15.3 Å². The lowest BCUT2D eigenvalue weighted by Crippen LogP contribution is -2.35.